The van der Waals surface area contributed by atoms with Crippen LogP contribution >= 0.6 is 0 Å². The van der Waals surface area contributed by atoms with Crippen LogP contribution in [0.5, 0.6) is 5.88 Å². The van der Waals surface area contributed by atoms with Crippen LogP contribution < -0.4 is 16.0 Å². The van der Waals surface area contributed by atoms with Crippen LogP contribution in [0.15, 0.2) is 12.1 Å². The summed E-state index contributed by atoms with van der Waals surface area (Å²) in [7, 11) is 0. The number of rotatable bonds is 4. The van der Waals surface area contributed by atoms with Crippen molar-refractivity contribution < 1.29 is 22.6 Å². The van der Waals surface area contributed by atoms with E-state index in [4.69, 9.17) is 15.3 Å². The number of nitrogens with one attached hydrogen (secondary N) is 1. The number of ether oxygens (including phenoxy) is 2. The highest BCUT2D eigenvalue weighted by Gasteiger charge is 2.32. The molecular weight excluding hydrogens is 275 g/mol. The Hall–Kier alpha value is -1.54. The first kappa shape index (κ1) is 14.9. The molecule has 1 unspecified atom stereocenters. The fraction of sp³-hybridized carbons (Fsp3) is 0.583. The van der Waals surface area contributed by atoms with Gasteiger partial charge in [-0.15, -0.1) is 0 Å². The summed E-state index contributed by atoms with van der Waals surface area (Å²) in [5.74, 6) is 4.89. The second-order valence-electron chi connectivity index (χ2n) is 4.52. The molecule has 3 N–H and O–H groups in total. The standard InChI is InChI=1S/C12H16F3N3O2/c13-12(14,15)8-5-10(18-16)17-11(6-8)20-7-9-3-1-2-4-19-9/h5-6,9H,1-4,7,16H2,(H,17,18). The van der Waals surface area contributed by atoms with E-state index in [0.717, 1.165) is 31.4 Å². The van der Waals surface area contributed by atoms with Gasteiger partial charge in [0.15, 0.2) is 0 Å². The highest BCUT2D eigenvalue weighted by Crippen LogP contribution is 2.32. The van der Waals surface area contributed by atoms with E-state index >= 15 is 0 Å². The molecule has 0 aromatic carbocycles. The molecule has 8 heteroatoms. The maximum atomic E-state index is 12.7. The second kappa shape index (κ2) is 6.27. The lowest BCUT2D eigenvalue weighted by Crippen LogP contribution is -2.26. The third-order valence-corrected chi connectivity index (χ3v) is 2.97. The molecule has 1 fully saturated rings. The molecule has 1 aliphatic heterocycles. The average Bonchev–Trinajstić information content (AvgIpc) is 2.45. The summed E-state index contributed by atoms with van der Waals surface area (Å²) in [6, 6.07) is 1.67. The van der Waals surface area contributed by atoms with Crippen molar-refractivity contribution in [2.75, 3.05) is 18.6 Å². The summed E-state index contributed by atoms with van der Waals surface area (Å²) in [5, 5.41) is 0. The lowest BCUT2D eigenvalue weighted by atomic mass is 10.1. The van der Waals surface area contributed by atoms with Crippen molar-refractivity contribution >= 4 is 5.82 Å². The van der Waals surface area contributed by atoms with Gasteiger partial charge in [-0.3, -0.25) is 0 Å². The normalized spacial score (nSPS) is 19.7. The highest BCUT2D eigenvalue weighted by atomic mass is 19.4. The topological polar surface area (TPSA) is 69.4 Å². The Bertz CT molecular complexity index is 448. The quantitative estimate of drug-likeness (QED) is 0.658. The minimum atomic E-state index is -4.48. The van der Waals surface area contributed by atoms with E-state index in [-0.39, 0.29) is 24.4 Å². The summed E-state index contributed by atoms with van der Waals surface area (Å²) in [6.07, 6.45) is -1.72. The minimum Gasteiger partial charge on any atom is -0.475 e. The summed E-state index contributed by atoms with van der Waals surface area (Å²) < 4.78 is 48.8. The van der Waals surface area contributed by atoms with E-state index in [1.807, 2.05) is 0 Å². The third kappa shape index (κ3) is 3.97. The van der Waals surface area contributed by atoms with Gasteiger partial charge in [0.1, 0.15) is 12.4 Å². The van der Waals surface area contributed by atoms with E-state index in [2.05, 4.69) is 10.4 Å². The van der Waals surface area contributed by atoms with Crippen LogP contribution in [-0.2, 0) is 10.9 Å². The number of hydrogen-bond acceptors (Lipinski definition) is 5. The Morgan fingerprint density at radius 2 is 2.20 bits per heavy atom. The van der Waals surface area contributed by atoms with E-state index in [9.17, 15) is 13.2 Å². The maximum Gasteiger partial charge on any atom is 0.416 e. The summed E-state index contributed by atoms with van der Waals surface area (Å²) in [5.41, 5.74) is 1.23. The van der Waals surface area contributed by atoms with E-state index in [1.54, 1.807) is 0 Å². The largest absolute Gasteiger partial charge is 0.475 e. The first-order chi connectivity index (χ1) is 9.49. The van der Waals surface area contributed by atoms with Crippen LogP contribution in [0.2, 0.25) is 0 Å². The summed E-state index contributed by atoms with van der Waals surface area (Å²) in [6.45, 7) is 0.831. The molecule has 0 amide bonds. The van der Waals surface area contributed by atoms with Crippen molar-refractivity contribution in [1.29, 1.82) is 0 Å². The molecule has 1 aromatic rings. The number of anilines is 1. The predicted molar refractivity (Wildman–Crippen MR) is 66.1 cm³/mol. The molecule has 0 bridgehead atoms. The molecular formula is C12H16F3N3O2. The van der Waals surface area contributed by atoms with Gasteiger partial charge >= 0.3 is 6.18 Å². The zero-order valence-electron chi connectivity index (χ0n) is 10.7. The molecule has 2 heterocycles. The molecule has 20 heavy (non-hydrogen) atoms. The van der Waals surface area contributed by atoms with Crippen LogP contribution in [0.25, 0.3) is 0 Å². The molecule has 112 valence electrons. The average molecular weight is 291 g/mol. The van der Waals surface area contributed by atoms with E-state index in [1.165, 1.54) is 0 Å². The van der Waals surface area contributed by atoms with Gasteiger partial charge in [-0.2, -0.15) is 18.2 Å². The Kier molecular flexibility index (Phi) is 4.66. The first-order valence-electron chi connectivity index (χ1n) is 6.29. The number of nitrogens with two attached hydrogens (primary N) is 1. The van der Waals surface area contributed by atoms with Gasteiger partial charge < -0.3 is 14.9 Å². The minimum absolute atomic E-state index is 0.0978. The molecule has 0 radical (unpaired) electrons. The molecule has 1 saturated heterocycles. The highest BCUT2D eigenvalue weighted by molar-refractivity contribution is 5.41. The molecule has 5 nitrogen and oxygen atoms in total. The number of hydrazine groups is 1. The SMILES string of the molecule is NNc1cc(C(F)(F)F)cc(OCC2CCCCO2)n1. The maximum absolute atomic E-state index is 12.7. The van der Waals surface area contributed by atoms with Crippen LogP contribution in [0.1, 0.15) is 24.8 Å². The number of nitrogen functional groups attached to an aromatic ring is 1. The fourth-order valence-electron chi connectivity index (χ4n) is 1.93. The monoisotopic (exact) mass is 291 g/mol. The van der Waals surface area contributed by atoms with E-state index in [0.29, 0.717) is 6.61 Å². The molecule has 0 spiro atoms. The summed E-state index contributed by atoms with van der Waals surface area (Å²) >= 11 is 0. The lowest BCUT2D eigenvalue weighted by Gasteiger charge is -2.22. The number of alkyl halides is 3. The van der Waals surface area contributed by atoms with Crippen molar-refractivity contribution in [2.24, 2.45) is 5.84 Å². The zero-order chi connectivity index (χ0) is 14.6. The Labute approximate surface area is 114 Å². The Morgan fingerprint density at radius 3 is 2.80 bits per heavy atom. The van der Waals surface area contributed by atoms with Crippen LogP contribution in [0.3, 0.4) is 0 Å². The summed E-state index contributed by atoms with van der Waals surface area (Å²) in [4.78, 5) is 3.84. The van der Waals surface area contributed by atoms with Crippen molar-refractivity contribution in [2.45, 2.75) is 31.5 Å². The third-order valence-electron chi connectivity index (χ3n) is 2.97. The fourth-order valence-corrected chi connectivity index (χ4v) is 1.93. The van der Waals surface area contributed by atoms with Gasteiger partial charge in [0.25, 0.3) is 0 Å². The Morgan fingerprint density at radius 1 is 1.40 bits per heavy atom. The van der Waals surface area contributed by atoms with Crippen molar-refractivity contribution in [3.05, 3.63) is 17.7 Å². The number of hydrogen-bond donors (Lipinski definition) is 2. The van der Waals surface area contributed by atoms with Crippen molar-refractivity contribution in [3.8, 4) is 5.88 Å². The molecule has 2 rings (SSSR count). The van der Waals surface area contributed by atoms with Crippen LogP contribution in [0, 0.1) is 0 Å². The number of aromatic nitrogens is 1. The number of nitrogens with zero attached hydrogens (tertiary/aromatic N) is 1. The van der Waals surface area contributed by atoms with Gasteiger partial charge in [0, 0.05) is 12.7 Å². The Balaban J connectivity index is 2.06. The zero-order valence-corrected chi connectivity index (χ0v) is 10.7. The molecule has 1 aliphatic rings. The predicted octanol–water partition coefficient (Wildman–Crippen LogP) is 2.33. The van der Waals surface area contributed by atoms with Crippen molar-refractivity contribution in [3.63, 3.8) is 0 Å². The van der Waals surface area contributed by atoms with Gasteiger partial charge in [0.05, 0.1) is 11.7 Å². The molecule has 0 saturated carbocycles. The smallest absolute Gasteiger partial charge is 0.416 e. The number of pyridine rings is 1. The van der Waals surface area contributed by atoms with Gasteiger partial charge in [-0.25, -0.2) is 5.84 Å². The van der Waals surface area contributed by atoms with Gasteiger partial charge in [-0.05, 0) is 25.3 Å². The molecule has 1 atom stereocenters. The van der Waals surface area contributed by atoms with Gasteiger partial charge in [-0.1, -0.05) is 0 Å². The van der Waals surface area contributed by atoms with Crippen LogP contribution in [-0.4, -0.2) is 24.3 Å². The lowest BCUT2D eigenvalue weighted by molar-refractivity contribution is -0.137. The van der Waals surface area contributed by atoms with Crippen molar-refractivity contribution in [1.82, 2.24) is 4.98 Å². The number of halogens is 3. The second-order valence-corrected chi connectivity index (χ2v) is 4.52. The molecule has 0 aliphatic carbocycles. The van der Waals surface area contributed by atoms with E-state index < -0.39 is 11.7 Å². The van der Waals surface area contributed by atoms with Crippen LogP contribution in [0.4, 0.5) is 19.0 Å². The molecule has 1 aromatic heterocycles. The van der Waals surface area contributed by atoms with Gasteiger partial charge in [0.2, 0.25) is 5.88 Å². The first-order valence-corrected chi connectivity index (χ1v) is 6.29.